The third kappa shape index (κ3) is 5.76. The van der Waals surface area contributed by atoms with Crippen molar-refractivity contribution < 1.29 is 17.9 Å². The van der Waals surface area contributed by atoms with E-state index in [-0.39, 0.29) is 0 Å². The van der Waals surface area contributed by atoms with Crippen LogP contribution < -0.4 is 5.32 Å². The fourth-order valence-corrected chi connectivity index (χ4v) is 2.69. The fraction of sp³-hybridized carbons (Fsp3) is 0.923. The molecule has 1 heterocycles. The number of methoxy groups -OCH3 is 1. The van der Waals surface area contributed by atoms with Gasteiger partial charge in [0.15, 0.2) is 9.84 Å². The Kier molecular flexibility index (Phi) is 6.91. The number of carbonyl (C=O) groups excluding carboxylic acids is 1. The van der Waals surface area contributed by atoms with Crippen molar-refractivity contribution in [1.29, 1.82) is 0 Å². The van der Waals surface area contributed by atoms with Gasteiger partial charge in [0, 0.05) is 26.5 Å². The lowest BCUT2D eigenvalue weighted by Crippen LogP contribution is -2.43. The Labute approximate surface area is 121 Å². The summed E-state index contributed by atoms with van der Waals surface area (Å²) in [7, 11) is -1.61. The maximum absolute atomic E-state index is 11.7. The second kappa shape index (κ2) is 7.95. The van der Waals surface area contributed by atoms with Crippen LogP contribution in [0.4, 0.5) is 0 Å². The SMILES string of the molecule is COCCN1CCC(CNC(=O)C(C)S(C)(=O)=O)CC1. The molecule has 0 bridgehead atoms. The summed E-state index contributed by atoms with van der Waals surface area (Å²) < 4.78 is 27.6. The number of hydrogen-bond acceptors (Lipinski definition) is 5. The average molecular weight is 306 g/mol. The number of hydrogen-bond donors (Lipinski definition) is 1. The van der Waals surface area contributed by atoms with E-state index in [0.717, 1.165) is 45.3 Å². The standard InChI is InChI=1S/C13H26N2O4S/c1-11(20(3,17)18)13(16)14-10-12-4-6-15(7-5-12)8-9-19-2/h11-12H,4-10H2,1-3H3,(H,14,16). The first kappa shape index (κ1) is 17.4. The zero-order chi connectivity index (χ0) is 15.2. The zero-order valence-electron chi connectivity index (χ0n) is 12.6. The van der Waals surface area contributed by atoms with E-state index in [1.54, 1.807) is 7.11 Å². The Hall–Kier alpha value is -0.660. The number of amides is 1. The van der Waals surface area contributed by atoms with Crippen LogP contribution in [0.5, 0.6) is 0 Å². The van der Waals surface area contributed by atoms with Crippen LogP contribution >= 0.6 is 0 Å². The molecule has 1 fully saturated rings. The number of piperidine rings is 1. The minimum absolute atomic E-state index is 0.394. The minimum Gasteiger partial charge on any atom is -0.383 e. The van der Waals surface area contributed by atoms with E-state index in [2.05, 4.69) is 10.2 Å². The predicted molar refractivity (Wildman–Crippen MR) is 78.4 cm³/mol. The highest BCUT2D eigenvalue weighted by Gasteiger charge is 2.25. The van der Waals surface area contributed by atoms with E-state index >= 15 is 0 Å². The van der Waals surface area contributed by atoms with Crippen LogP contribution in [0.15, 0.2) is 0 Å². The van der Waals surface area contributed by atoms with Crippen LogP contribution in [-0.2, 0) is 19.4 Å². The van der Waals surface area contributed by atoms with Gasteiger partial charge in [0.25, 0.3) is 0 Å². The molecule has 1 amide bonds. The second-order valence-corrected chi connectivity index (χ2v) is 7.86. The number of carbonyl (C=O) groups is 1. The highest BCUT2D eigenvalue weighted by atomic mass is 32.2. The van der Waals surface area contributed by atoms with Gasteiger partial charge in [-0.25, -0.2) is 8.42 Å². The van der Waals surface area contributed by atoms with Crippen LogP contribution in [0, 0.1) is 5.92 Å². The maximum Gasteiger partial charge on any atom is 0.238 e. The summed E-state index contributed by atoms with van der Waals surface area (Å²) in [5.41, 5.74) is 0. The number of rotatable bonds is 7. The fourth-order valence-electron chi connectivity index (χ4n) is 2.22. The van der Waals surface area contributed by atoms with E-state index in [0.29, 0.717) is 12.5 Å². The monoisotopic (exact) mass is 306 g/mol. The lowest BCUT2D eigenvalue weighted by atomic mass is 9.97. The van der Waals surface area contributed by atoms with E-state index in [9.17, 15) is 13.2 Å². The zero-order valence-corrected chi connectivity index (χ0v) is 13.4. The van der Waals surface area contributed by atoms with Crippen LogP contribution in [0.1, 0.15) is 19.8 Å². The van der Waals surface area contributed by atoms with Crippen molar-refractivity contribution in [3.8, 4) is 0 Å². The summed E-state index contributed by atoms with van der Waals surface area (Å²) in [4.78, 5) is 14.1. The normalized spacial score (nSPS) is 19.8. The first-order chi connectivity index (χ1) is 9.34. The number of nitrogens with one attached hydrogen (secondary N) is 1. The molecular weight excluding hydrogens is 280 g/mol. The summed E-state index contributed by atoms with van der Waals surface area (Å²) in [6.45, 7) is 5.69. The smallest absolute Gasteiger partial charge is 0.238 e. The molecule has 0 aliphatic carbocycles. The van der Waals surface area contributed by atoms with Gasteiger partial charge in [-0.1, -0.05) is 0 Å². The molecule has 0 aromatic heterocycles. The third-order valence-corrected chi connectivity index (χ3v) is 5.39. The van der Waals surface area contributed by atoms with Gasteiger partial charge in [-0.2, -0.15) is 0 Å². The first-order valence-electron chi connectivity index (χ1n) is 7.02. The van der Waals surface area contributed by atoms with Gasteiger partial charge in [-0.3, -0.25) is 4.79 Å². The largest absolute Gasteiger partial charge is 0.383 e. The molecular formula is C13H26N2O4S. The Morgan fingerprint density at radius 2 is 2.00 bits per heavy atom. The Bertz CT molecular complexity index is 403. The van der Waals surface area contributed by atoms with Crippen molar-refractivity contribution in [1.82, 2.24) is 10.2 Å². The molecule has 0 spiro atoms. The third-order valence-electron chi connectivity index (χ3n) is 3.90. The van der Waals surface area contributed by atoms with E-state index in [1.807, 2.05) is 0 Å². The van der Waals surface area contributed by atoms with E-state index < -0.39 is 21.0 Å². The molecule has 6 nitrogen and oxygen atoms in total. The minimum atomic E-state index is -3.31. The molecule has 1 rings (SSSR count). The summed E-state index contributed by atoms with van der Waals surface area (Å²) in [6.07, 6.45) is 3.14. The van der Waals surface area contributed by atoms with Gasteiger partial charge in [-0.05, 0) is 38.8 Å². The van der Waals surface area contributed by atoms with Crippen molar-refractivity contribution in [3.05, 3.63) is 0 Å². The Balaban J connectivity index is 2.26. The molecule has 118 valence electrons. The highest BCUT2D eigenvalue weighted by Crippen LogP contribution is 2.16. The van der Waals surface area contributed by atoms with Crippen LogP contribution in [-0.4, -0.2) is 70.6 Å². The topological polar surface area (TPSA) is 75.7 Å². The molecule has 1 unspecified atom stereocenters. The molecule has 1 aliphatic rings. The van der Waals surface area contributed by atoms with Crippen molar-refractivity contribution >= 4 is 15.7 Å². The number of sulfone groups is 1. The molecule has 1 saturated heterocycles. The highest BCUT2D eigenvalue weighted by molar-refractivity contribution is 7.92. The number of ether oxygens (including phenoxy) is 1. The Morgan fingerprint density at radius 3 is 2.50 bits per heavy atom. The van der Waals surface area contributed by atoms with E-state index in [1.165, 1.54) is 6.92 Å². The molecule has 0 radical (unpaired) electrons. The van der Waals surface area contributed by atoms with Gasteiger partial charge in [0.2, 0.25) is 5.91 Å². The van der Waals surface area contributed by atoms with Gasteiger partial charge in [0.1, 0.15) is 5.25 Å². The molecule has 0 aromatic rings. The molecule has 1 aliphatic heterocycles. The van der Waals surface area contributed by atoms with Crippen LogP contribution in [0.3, 0.4) is 0 Å². The summed E-state index contributed by atoms with van der Waals surface area (Å²) in [5.74, 6) is 0.0406. The van der Waals surface area contributed by atoms with Gasteiger partial charge in [-0.15, -0.1) is 0 Å². The lowest BCUT2D eigenvalue weighted by molar-refractivity contribution is -0.120. The van der Waals surface area contributed by atoms with Crippen molar-refractivity contribution in [2.45, 2.75) is 25.0 Å². The molecule has 0 aromatic carbocycles. The molecule has 1 N–H and O–H groups in total. The summed E-state index contributed by atoms with van der Waals surface area (Å²) in [5, 5.41) is 1.79. The van der Waals surface area contributed by atoms with E-state index in [4.69, 9.17) is 4.74 Å². The maximum atomic E-state index is 11.7. The van der Waals surface area contributed by atoms with Crippen LogP contribution in [0.25, 0.3) is 0 Å². The lowest BCUT2D eigenvalue weighted by Gasteiger charge is -2.31. The number of nitrogens with zero attached hydrogens (tertiary/aromatic N) is 1. The first-order valence-corrected chi connectivity index (χ1v) is 8.98. The van der Waals surface area contributed by atoms with Crippen molar-refractivity contribution in [2.24, 2.45) is 5.92 Å². The van der Waals surface area contributed by atoms with Crippen LogP contribution in [0.2, 0.25) is 0 Å². The molecule has 0 saturated carbocycles. The Morgan fingerprint density at radius 1 is 1.40 bits per heavy atom. The summed E-state index contributed by atoms with van der Waals surface area (Å²) >= 11 is 0. The van der Waals surface area contributed by atoms with Gasteiger partial charge >= 0.3 is 0 Å². The number of likely N-dealkylation sites (tertiary alicyclic amines) is 1. The average Bonchev–Trinajstić information content (AvgIpc) is 2.41. The van der Waals surface area contributed by atoms with Crippen molar-refractivity contribution in [2.75, 3.05) is 46.2 Å². The predicted octanol–water partition coefficient (Wildman–Crippen LogP) is -0.106. The summed E-state index contributed by atoms with van der Waals surface area (Å²) in [6, 6.07) is 0. The molecule has 7 heteroatoms. The molecule has 1 atom stereocenters. The van der Waals surface area contributed by atoms with Gasteiger partial charge in [0.05, 0.1) is 6.61 Å². The van der Waals surface area contributed by atoms with Crippen molar-refractivity contribution in [3.63, 3.8) is 0 Å². The quantitative estimate of drug-likeness (QED) is 0.710. The second-order valence-electron chi connectivity index (χ2n) is 5.49. The molecule has 20 heavy (non-hydrogen) atoms. The van der Waals surface area contributed by atoms with Gasteiger partial charge < -0.3 is 15.0 Å².